The van der Waals surface area contributed by atoms with Crippen molar-refractivity contribution in [3.05, 3.63) is 89.5 Å². The molecule has 0 aliphatic carbocycles. The molecule has 1 aliphatic heterocycles. The average molecular weight is 442 g/mol. The lowest BCUT2D eigenvalue weighted by Gasteiger charge is -2.28. The number of phenolic OH excluding ortho intramolecular Hbond substituents is 1. The van der Waals surface area contributed by atoms with Crippen molar-refractivity contribution < 1.29 is 27.4 Å². The van der Waals surface area contributed by atoms with Gasteiger partial charge >= 0.3 is 0 Å². The molecule has 0 bridgehead atoms. The fraction of sp³-hybridized carbons (Fsp3) is 0.231. The van der Waals surface area contributed by atoms with Crippen molar-refractivity contribution in [3.8, 4) is 28.0 Å². The van der Waals surface area contributed by atoms with Gasteiger partial charge in [-0.25, -0.2) is 13.2 Å². The van der Waals surface area contributed by atoms with Gasteiger partial charge in [-0.1, -0.05) is 48.6 Å². The Morgan fingerprint density at radius 2 is 1.38 bits per heavy atom. The van der Waals surface area contributed by atoms with Gasteiger partial charge < -0.3 is 9.84 Å². The van der Waals surface area contributed by atoms with Crippen molar-refractivity contribution in [1.82, 2.24) is 0 Å². The zero-order chi connectivity index (χ0) is 22.8. The minimum atomic E-state index is -1.34. The third kappa shape index (κ3) is 4.15. The van der Waals surface area contributed by atoms with Crippen LogP contribution in [0, 0.1) is 29.2 Å². The monoisotopic (exact) mass is 442 g/mol. The van der Waals surface area contributed by atoms with Crippen LogP contribution in [0.1, 0.15) is 31.4 Å². The third-order valence-electron chi connectivity index (χ3n) is 5.80. The summed E-state index contributed by atoms with van der Waals surface area (Å²) in [6.45, 7) is 2.40. The van der Waals surface area contributed by atoms with E-state index in [1.807, 2.05) is 13.0 Å². The van der Waals surface area contributed by atoms with Crippen LogP contribution in [0.25, 0.3) is 22.3 Å². The highest BCUT2D eigenvalue weighted by Crippen LogP contribution is 2.36. The van der Waals surface area contributed by atoms with Crippen LogP contribution < -0.4 is 0 Å². The lowest BCUT2D eigenvalue weighted by molar-refractivity contribution is -0.00743. The first kappa shape index (κ1) is 22.1. The van der Waals surface area contributed by atoms with Gasteiger partial charge in [0.05, 0.1) is 12.7 Å². The molecule has 0 saturated carbocycles. The molecule has 0 aromatic heterocycles. The summed E-state index contributed by atoms with van der Waals surface area (Å²) in [6, 6.07) is 11.3. The fourth-order valence-corrected chi connectivity index (χ4v) is 4.07. The second-order valence-electron chi connectivity index (χ2n) is 7.85. The highest BCUT2D eigenvalue weighted by Gasteiger charge is 2.26. The van der Waals surface area contributed by atoms with Gasteiger partial charge in [-0.2, -0.15) is 4.39 Å². The highest BCUT2D eigenvalue weighted by atomic mass is 19.2. The summed E-state index contributed by atoms with van der Waals surface area (Å²) >= 11 is 0. The van der Waals surface area contributed by atoms with E-state index in [-0.39, 0.29) is 22.6 Å². The summed E-state index contributed by atoms with van der Waals surface area (Å²) in [5.41, 5.74) is 0.962. The van der Waals surface area contributed by atoms with E-state index in [4.69, 9.17) is 4.74 Å². The predicted molar refractivity (Wildman–Crippen MR) is 115 cm³/mol. The van der Waals surface area contributed by atoms with Crippen molar-refractivity contribution in [2.45, 2.75) is 25.9 Å². The lowest BCUT2D eigenvalue weighted by Crippen LogP contribution is -2.20. The van der Waals surface area contributed by atoms with E-state index in [1.54, 1.807) is 0 Å². The summed E-state index contributed by atoms with van der Waals surface area (Å²) in [7, 11) is 0. The Morgan fingerprint density at radius 3 is 1.94 bits per heavy atom. The predicted octanol–water partition coefficient (Wildman–Crippen LogP) is 7.33. The number of ether oxygens (including phenoxy) is 1. The van der Waals surface area contributed by atoms with Crippen LogP contribution in [0.15, 0.2) is 60.7 Å². The van der Waals surface area contributed by atoms with Gasteiger partial charge in [0.25, 0.3) is 0 Å². The highest BCUT2D eigenvalue weighted by molar-refractivity contribution is 5.71. The average Bonchev–Trinajstić information content (AvgIpc) is 2.81. The first-order chi connectivity index (χ1) is 15.4. The summed E-state index contributed by atoms with van der Waals surface area (Å²) in [5.74, 6) is -4.92. The Labute approximate surface area is 183 Å². The van der Waals surface area contributed by atoms with Gasteiger partial charge in [0.15, 0.2) is 23.2 Å². The van der Waals surface area contributed by atoms with E-state index < -0.39 is 35.1 Å². The Morgan fingerprint density at radius 1 is 0.781 bits per heavy atom. The van der Waals surface area contributed by atoms with E-state index >= 15 is 0 Å². The van der Waals surface area contributed by atoms with Crippen molar-refractivity contribution in [2.24, 2.45) is 5.92 Å². The van der Waals surface area contributed by atoms with Gasteiger partial charge in [0.1, 0.15) is 0 Å². The SMILES string of the molecule is C/C=C/C1CCC(c2ccc(-c3ccc(-c4ccc(O)c(F)c4F)cc3)c(F)c2F)OC1. The molecule has 3 aromatic rings. The van der Waals surface area contributed by atoms with Gasteiger partial charge in [0.2, 0.25) is 5.82 Å². The molecule has 1 N–H and O–H groups in total. The first-order valence-corrected chi connectivity index (χ1v) is 10.4. The molecule has 1 aliphatic rings. The normalized spacial score (nSPS) is 18.9. The van der Waals surface area contributed by atoms with E-state index in [0.717, 1.165) is 12.5 Å². The standard InChI is InChI=1S/C26H22F4O2/c1-2-3-15-4-13-22(32-14-15)20-10-9-18(23(27)25(20)29)16-5-7-17(8-6-16)19-11-12-21(31)26(30)24(19)28/h2-3,5-12,15,22,31H,4,13-14H2,1H3/b3-2+. The van der Waals surface area contributed by atoms with E-state index in [2.05, 4.69) is 6.08 Å². The van der Waals surface area contributed by atoms with Gasteiger partial charge in [0, 0.05) is 22.6 Å². The molecule has 2 unspecified atom stereocenters. The maximum Gasteiger partial charge on any atom is 0.200 e. The Kier molecular flexibility index (Phi) is 6.33. The largest absolute Gasteiger partial charge is 0.505 e. The molecule has 1 heterocycles. The number of benzene rings is 3. The number of rotatable bonds is 4. The van der Waals surface area contributed by atoms with Crippen LogP contribution in [-0.4, -0.2) is 11.7 Å². The number of hydrogen-bond donors (Lipinski definition) is 1. The van der Waals surface area contributed by atoms with Crippen LogP contribution in [0.4, 0.5) is 17.6 Å². The molecule has 1 fully saturated rings. The minimum absolute atomic E-state index is 0.0421. The molecule has 3 aromatic carbocycles. The lowest BCUT2D eigenvalue weighted by atomic mass is 9.92. The zero-order valence-corrected chi connectivity index (χ0v) is 17.4. The molecule has 0 amide bonds. The molecule has 166 valence electrons. The Balaban J connectivity index is 1.58. The van der Waals surface area contributed by atoms with Crippen molar-refractivity contribution in [2.75, 3.05) is 6.61 Å². The summed E-state index contributed by atoms with van der Waals surface area (Å²) in [5, 5.41) is 9.27. The number of aromatic hydroxyl groups is 1. The molecule has 6 heteroatoms. The zero-order valence-electron chi connectivity index (χ0n) is 17.4. The third-order valence-corrected chi connectivity index (χ3v) is 5.80. The van der Waals surface area contributed by atoms with Crippen LogP contribution in [0.2, 0.25) is 0 Å². The van der Waals surface area contributed by atoms with Crippen LogP contribution in [0.5, 0.6) is 5.75 Å². The van der Waals surface area contributed by atoms with Crippen molar-refractivity contribution in [3.63, 3.8) is 0 Å². The maximum absolute atomic E-state index is 14.9. The van der Waals surface area contributed by atoms with Crippen molar-refractivity contribution >= 4 is 0 Å². The van der Waals surface area contributed by atoms with Crippen molar-refractivity contribution in [1.29, 1.82) is 0 Å². The Bertz CT molecular complexity index is 1150. The molecule has 2 nitrogen and oxygen atoms in total. The number of hydrogen-bond acceptors (Lipinski definition) is 2. The molecule has 0 radical (unpaired) electrons. The topological polar surface area (TPSA) is 29.5 Å². The van der Waals surface area contributed by atoms with E-state index in [9.17, 15) is 22.7 Å². The van der Waals surface area contributed by atoms with Crippen LogP contribution in [-0.2, 0) is 4.74 Å². The number of allylic oxidation sites excluding steroid dienone is 1. The van der Waals surface area contributed by atoms with Gasteiger partial charge in [-0.05, 0) is 43.0 Å². The molecule has 0 spiro atoms. The van der Waals surface area contributed by atoms with Crippen LogP contribution >= 0.6 is 0 Å². The fourth-order valence-electron chi connectivity index (χ4n) is 4.07. The molecular formula is C26H22F4O2. The minimum Gasteiger partial charge on any atom is -0.505 e. The number of phenols is 1. The van der Waals surface area contributed by atoms with Crippen LogP contribution in [0.3, 0.4) is 0 Å². The number of halogens is 4. The molecular weight excluding hydrogens is 420 g/mol. The quantitative estimate of drug-likeness (QED) is 0.339. The molecule has 1 saturated heterocycles. The van der Waals surface area contributed by atoms with E-state index in [0.29, 0.717) is 24.2 Å². The van der Waals surface area contributed by atoms with Gasteiger partial charge in [-0.3, -0.25) is 0 Å². The van der Waals surface area contributed by atoms with E-state index in [1.165, 1.54) is 42.5 Å². The summed E-state index contributed by atoms with van der Waals surface area (Å²) < 4.78 is 63.3. The van der Waals surface area contributed by atoms with Gasteiger partial charge in [-0.15, -0.1) is 0 Å². The first-order valence-electron chi connectivity index (χ1n) is 10.4. The molecule has 32 heavy (non-hydrogen) atoms. The molecule has 4 rings (SSSR count). The molecule has 2 atom stereocenters. The summed E-state index contributed by atoms with van der Waals surface area (Å²) in [4.78, 5) is 0. The maximum atomic E-state index is 14.9. The Hall–Kier alpha value is -3.12. The second kappa shape index (κ2) is 9.17. The second-order valence-corrected chi connectivity index (χ2v) is 7.85. The smallest absolute Gasteiger partial charge is 0.200 e. The summed E-state index contributed by atoms with van der Waals surface area (Å²) in [6.07, 6.45) is 4.97.